The SMILES string of the molecule is O=Cc1nc2ccccc2c(/C=C/c2ccc(Cl)cc2)c1C(=O)c1ccccc1. The Labute approximate surface area is 173 Å². The van der Waals surface area contributed by atoms with Crippen molar-refractivity contribution in [1.82, 2.24) is 4.98 Å². The van der Waals surface area contributed by atoms with Gasteiger partial charge in [0.1, 0.15) is 5.69 Å². The summed E-state index contributed by atoms with van der Waals surface area (Å²) < 4.78 is 0. The second-order valence-electron chi connectivity index (χ2n) is 6.50. The maximum absolute atomic E-state index is 13.3. The molecule has 0 aliphatic carbocycles. The van der Waals surface area contributed by atoms with Crippen LogP contribution in [0.1, 0.15) is 37.5 Å². The first-order chi connectivity index (χ1) is 14.2. The molecular weight excluding hydrogens is 382 g/mol. The van der Waals surface area contributed by atoms with Gasteiger partial charge < -0.3 is 0 Å². The van der Waals surface area contributed by atoms with Gasteiger partial charge in [-0.15, -0.1) is 0 Å². The minimum absolute atomic E-state index is 0.133. The molecule has 4 heteroatoms. The number of benzene rings is 3. The number of carbonyl (C=O) groups excluding carboxylic acids is 2. The van der Waals surface area contributed by atoms with E-state index in [1.807, 2.05) is 54.6 Å². The van der Waals surface area contributed by atoms with Gasteiger partial charge in [0.25, 0.3) is 0 Å². The third-order valence-corrected chi connectivity index (χ3v) is 4.90. The first-order valence-corrected chi connectivity index (χ1v) is 9.46. The van der Waals surface area contributed by atoms with Crippen LogP contribution in [-0.2, 0) is 0 Å². The zero-order chi connectivity index (χ0) is 20.2. The number of para-hydroxylation sites is 1. The smallest absolute Gasteiger partial charge is 0.195 e. The van der Waals surface area contributed by atoms with E-state index in [1.54, 1.807) is 36.4 Å². The fraction of sp³-hybridized carbons (Fsp3) is 0. The highest BCUT2D eigenvalue weighted by molar-refractivity contribution is 6.30. The molecule has 0 aliphatic heterocycles. The average Bonchev–Trinajstić information content (AvgIpc) is 2.78. The predicted molar refractivity (Wildman–Crippen MR) is 117 cm³/mol. The maximum atomic E-state index is 13.3. The highest BCUT2D eigenvalue weighted by atomic mass is 35.5. The fourth-order valence-corrected chi connectivity index (χ4v) is 3.37. The molecule has 0 amide bonds. The zero-order valence-electron chi connectivity index (χ0n) is 15.4. The number of fused-ring (bicyclic) bond motifs is 1. The van der Waals surface area contributed by atoms with Gasteiger partial charge in [-0.1, -0.05) is 84.4 Å². The van der Waals surface area contributed by atoms with Gasteiger partial charge >= 0.3 is 0 Å². The van der Waals surface area contributed by atoms with Crippen LogP contribution in [0, 0.1) is 0 Å². The van der Waals surface area contributed by atoms with Crippen molar-refractivity contribution in [3.05, 3.63) is 112 Å². The van der Waals surface area contributed by atoms with Crippen molar-refractivity contribution >= 4 is 46.7 Å². The number of rotatable bonds is 5. The molecule has 3 aromatic carbocycles. The summed E-state index contributed by atoms with van der Waals surface area (Å²) in [6.07, 6.45) is 4.40. The number of nitrogens with zero attached hydrogens (tertiary/aromatic N) is 1. The Morgan fingerprint density at radius 3 is 2.24 bits per heavy atom. The van der Waals surface area contributed by atoms with E-state index in [9.17, 15) is 9.59 Å². The van der Waals surface area contributed by atoms with Gasteiger partial charge in [0.15, 0.2) is 12.1 Å². The van der Waals surface area contributed by atoms with Gasteiger partial charge in [-0.2, -0.15) is 0 Å². The van der Waals surface area contributed by atoms with E-state index in [1.165, 1.54) is 0 Å². The van der Waals surface area contributed by atoms with Crippen LogP contribution < -0.4 is 0 Å². The zero-order valence-corrected chi connectivity index (χ0v) is 16.1. The lowest BCUT2D eigenvalue weighted by Gasteiger charge is -2.12. The molecule has 4 aromatic rings. The van der Waals surface area contributed by atoms with Gasteiger partial charge in [0.05, 0.1) is 11.1 Å². The largest absolute Gasteiger partial charge is 0.296 e. The van der Waals surface area contributed by atoms with Crippen LogP contribution in [0.5, 0.6) is 0 Å². The fourth-order valence-electron chi connectivity index (χ4n) is 3.24. The van der Waals surface area contributed by atoms with Gasteiger partial charge in [-0.05, 0) is 29.3 Å². The van der Waals surface area contributed by atoms with Crippen LogP contribution in [0.15, 0.2) is 78.9 Å². The Morgan fingerprint density at radius 1 is 0.828 bits per heavy atom. The normalized spacial score (nSPS) is 11.1. The highest BCUT2D eigenvalue weighted by Gasteiger charge is 2.20. The van der Waals surface area contributed by atoms with Crippen molar-refractivity contribution in [2.24, 2.45) is 0 Å². The molecule has 0 aliphatic rings. The van der Waals surface area contributed by atoms with Crippen molar-refractivity contribution in [3.63, 3.8) is 0 Å². The number of halogens is 1. The van der Waals surface area contributed by atoms with Gasteiger partial charge in [-0.25, -0.2) is 4.98 Å². The summed E-state index contributed by atoms with van der Waals surface area (Å²) in [5.74, 6) is -0.235. The second-order valence-corrected chi connectivity index (χ2v) is 6.94. The summed E-state index contributed by atoms with van der Waals surface area (Å²) in [5.41, 5.74) is 3.20. The van der Waals surface area contributed by atoms with Crippen LogP contribution in [0.4, 0.5) is 0 Å². The first kappa shape index (κ1) is 18.8. The third kappa shape index (κ3) is 3.86. The van der Waals surface area contributed by atoms with E-state index in [4.69, 9.17) is 11.6 Å². The molecular formula is C25H16ClNO2. The first-order valence-electron chi connectivity index (χ1n) is 9.08. The van der Waals surface area contributed by atoms with E-state index >= 15 is 0 Å². The lowest BCUT2D eigenvalue weighted by molar-refractivity contribution is 0.102. The molecule has 0 radical (unpaired) electrons. The summed E-state index contributed by atoms with van der Waals surface area (Å²) in [5, 5.41) is 1.46. The minimum Gasteiger partial charge on any atom is -0.296 e. The van der Waals surface area contributed by atoms with E-state index in [0.717, 1.165) is 10.9 Å². The van der Waals surface area contributed by atoms with Gasteiger partial charge in [0, 0.05) is 16.0 Å². The summed E-state index contributed by atoms with van der Waals surface area (Å²) in [6, 6.07) is 23.8. The van der Waals surface area contributed by atoms with Crippen LogP contribution in [0.2, 0.25) is 5.02 Å². The van der Waals surface area contributed by atoms with E-state index < -0.39 is 0 Å². The number of hydrogen-bond donors (Lipinski definition) is 0. The number of aromatic nitrogens is 1. The van der Waals surface area contributed by atoms with Crippen molar-refractivity contribution in [1.29, 1.82) is 0 Å². The summed E-state index contributed by atoms with van der Waals surface area (Å²) in [4.78, 5) is 29.5. The monoisotopic (exact) mass is 397 g/mol. The Balaban J connectivity index is 1.95. The number of carbonyl (C=O) groups is 2. The second kappa shape index (κ2) is 8.21. The van der Waals surface area contributed by atoms with Crippen LogP contribution in [0.25, 0.3) is 23.1 Å². The minimum atomic E-state index is -0.235. The maximum Gasteiger partial charge on any atom is 0.195 e. The lowest BCUT2D eigenvalue weighted by atomic mass is 9.93. The molecule has 3 nitrogen and oxygen atoms in total. The molecule has 0 saturated carbocycles. The molecule has 0 unspecified atom stereocenters. The molecule has 0 saturated heterocycles. The van der Waals surface area contributed by atoms with Crippen LogP contribution >= 0.6 is 11.6 Å². The summed E-state index contributed by atoms with van der Waals surface area (Å²) >= 11 is 5.97. The Hall–Kier alpha value is -3.56. The quantitative estimate of drug-likeness (QED) is 0.302. The highest BCUT2D eigenvalue weighted by Crippen LogP contribution is 2.27. The molecule has 140 valence electrons. The predicted octanol–water partition coefficient (Wildman–Crippen LogP) is 6.10. The van der Waals surface area contributed by atoms with Crippen LogP contribution in [-0.4, -0.2) is 17.1 Å². The van der Waals surface area contributed by atoms with E-state index in [2.05, 4.69) is 4.98 Å². The topological polar surface area (TPSA) is 47.0 Å². The van der Waals surface area contributed by atoms with Crippen LogP contribution in [0.3, 0.4) is 0 Å². The van der Waals surface area contributed by atoms with Gasteiger partial charge in [0.2, 0.25) is 0 Å². The summed E-state index contributed by atoms with van der Waals surface area (Å²) in [7, 11) is 0. The molecule has 0 bridgehead atoms. The van der Waals surface area contributed by atoms with Crippen molar-refractivity contribution in [2.45, 2.75) is 0 Å². The van der Waals surface area contributed by atoms with Crippen molar-refractivity contribution < 1.29 is 9.59 Å². The number of pyridine rings is 1. The Bertz CT molecular complexity index is 1230. The Kier molecular flexibility index (Phi) is 5.32. The molecule has 0 spiro atoms. The number of hydrogen-bond acceptors (Lipinski definition) is 3. The van der Waals surface area contributed by atoms with Gasteiger partial charge in [-0.3, -0.25) is 9.59 Å². The summed E-state index contributed by atoms with van der Waals surface area (Å²) in [6.45, 7) is 0. The standard InChI is InChI=1S/C25H16ClNO2/c26-19-13-10-17(11-14-19)12-15-21-20-8-4-5-9-22(20)27-23(16-28)24(21)25(29)18-6-2-1-3-7-18/h1-16H/b15-12+. The van der Waals surface area contributed by atoms with Crippen molar-refractivity contribution in [2.75, 3.05) is 0 Å². The third-order valence-electron chi connectivity index (χ3n) is 4.65. The molecule has 29 heavy (non-hydrogen) atoms. The Morgan fingerprint density at radius 2 is 1.52 bits per heavy atom. The lowest BCUT2D eigenvalue weighted by Crippen LogP contribution is -2.10. The van der Waals surface area contributed by atoms with E-state index in [-0.39, 0.29) is 11.5 Å². The molecule has 1 heterocycles. The van der Waals surface area contributed by atoms with E-state index in [0.29, 0.717) is 33.5 Å². The molecule has 0 atom stereocenters. The number of ketones is 1. The molecule has 0 fully saturated rings. The molecule has 1 aromatic heterocycles. The molecule has 4 rings (SSSR count). The molecule has 0 N–H and O–H groups in total. The van der Waals surface area contributed by atoms with Crippen molar-refractivity contribution in [3.8, 4) is 0 Å². The average molecular weight is 398 g/mol. The number of aldehydes is 1.